The van der Waals surface area contributed by atoms with Gasteiger partial charge in [-0.25, -0.2) is 0 Å². The largest absolute Gasteiger partial charge is 0.493 e. The highest BCUT2D eigenvalue weighted by Crippen LogP contribution is 2.29. The van der Waals surface area contributed by atoms with Gasteiger partial charge in [0.05, 0.1) is 25.3 Å². The molecule has 0 aliphatic carbocycles. The van der Waals surface area contributed by atoms with Crippen molar-refractivity contribution in [3.63, 3.8) is 0 Å². The number of nitrogens with one attached hydrogen (secondary N) is 1. The van der Waals surface area contributed by atoms with Gasteiger partial charge in [0.2, 0.25) is 11.3 Å². The number of fused-ring (bicyclic) bond motifs is 1. The summed E-state index contributed by atoms with van der Waals surface area (Å²) in [6.07, 6.45) is 1.46. The summed E-state index contributed by atoms with van der Waals surface area (Å²) in [5.41, 5.74) is 2.06. The van der Waals surface area contributed by atoms with Crippen LogP contribution in [0.4, 0.5) is 5.69 Å². The molecule has 7 heteroatoms. The van der Waals surface area contributed by atoms with Gasteiger partial charge in [-0.2, -0.15) is 0 Å². The number of benzene rings is 3. The molecule has 0 saturated heterocycles. The molecule has 4 aromatic rings. The van der Waals surface area contributed by atoms with Crippen LogP contribution in [0.1, 0.15) is 21.5 Å². The highest BCUT2D eigenvalue weighted by Gasteiger charge is 2.18. The number of anilines is 1. The predicted octanol–water partition coefficient (Wildman–Crippen LogP) is 4.20. The number of aromatic nitrogens is 1. The van der Waals surface area contributed by atoms with Crippen molar-refractivity contribution in [2.45, 2.75) is 13.5 Å². The minimum absolute atomic E-state index is 0.0169. The molecule has 1 aromatic heterocycles. The van der Waals surface area contributed by atoms with Crippen molar-refractivity contribution in [1.29, 1.82) is 0 Å². The zero-order chi connectivity index (χ0) is 24.2. The van der Waals surface area contributed by atoms with E-state index in [1.54, 1.807) is 65.2 Å². The van der Waals surface area contributed by atoms with Crippen LogP contribution in [0.25, 0.3) is 10.9 Å². The molecule has 1 N–H and O–H groups in total. The van der Waals surface area contributed by atoms with Crippen molar-refractivity contribution in [3.05, 3.63) is 99.8 Å². The Morgan fingerprint density at radius 2 is 1.65 bits per heavy atom. The number of hydrogen-bond acceptors (Lipinski definition) is 5. The van der Waals surface area contributed by atoms with Gasteiger partial charge in [-0.15, -0.1) is 0 Å². The normalized spacial score (nSPS) is 10.7. The smallest absolute Gasteiger partial charge is 0.244 e. The zero-order valence-corrected chi connectivity index (χ0v) is 19.1. The van der Waals surface area contributed by atoms with Crippen LogP contribution in [0.3, 0.4) is 0 Å². The standard InChI is InChI=1S/C27H24N2O5/c1-17-9-11-22-20(13-17)27(32)21(26(31)18-7-5-4-6-8-18)15-29(22)16-25(30)28-19-10-12-23(33-2)24(14-19)34-3/h4-15H,16H2,1-3H3,(H,28,30). The number of methoxy groups -OCH3 is 2. The number of nitrogens with zero attached hydrogens (tertiary/aromatic N) is 1. The van der Waals surface area contributed by atoms with E-state index in [4.69, 9.17) is 9.47 Å². The second kappa shape index (κ2) is 9.62. The average Bonchev–Trinajstić information content (AvgIpc) is 2.85. The van der Waals surface area contributed by atoms with E-state index in [-0.39, 0.29) is 29.2 Å². The van der Waals surface area contributed by atoms with Gasteiger partial charge >= 0.3 is 0 Å². The number of ether oxygens (including phenoxy) is 2. The molecule has 0 unspecified atom stereocenters. The number of carbonyl (C=O) groups is 2. The molecule has 0 atom stereocenters. The van der Waals surface area contributed by atoms with Gasteiger partial charge in [-0.05, 0) is 31.2 Å². The van der Waals surface area contributed by atoms with Crippen molar-refractivity contribution in [1.82, 2.24) is 4.57 Å². The first-order valence-corrected chi connectivity index (χ1v) is 10.7. The van der Waals surface area contributed by atoms with E-state index in [0.29, 0.717) is 33.7 Å². The summed E-state index contributed by atoms with van der Waals surface area (Å²) >= 11 is 0. The third-order valence-corrected chi connectivity index (χ3v) is 5.50. The summed E-state index contributed by atoms with van der Waals surface area (Å²) in [7, 11) is 3.05. The third kappa shape index (κ3) is 4.54. The quantitative estimate of drug-likeness (QED) is 0.421. The van der Waals surface area contributed by atoms with Gasteiger partial charge in [0.1, 0.15) is 6.54 Å². The van der Waals surface area contributed by atoms with E-state index in [0.717, 1.165) is 5.56 Å². The van der Waals surface area contributed by atoms with E-state index in [1.807, 2.05) is 13.0 Å². The lowest BCUT2D eigenvalue weighted by atomic mass is 10.0. The maximum Gasteiger partial charge on any atom is 0.244 e. The summed E-state index contributed by atoms with van der Waals surface area (Å²) in [5.74, 6) is 0.325. The number of hydrogen-bond donors (Lipinski definition) is 1. The fourth-order valence-electron chi connectivity index (χ4n) is 3.82. The Kier molecular flexibility index (Phi) is 6.45. The molecule has 0 fully saturated rings. The number of ketones is 1. The maximum atomic E-state index is 13.2. The van der Waals surface area contributed by atoms with Crippen molar-refractivity contribution in [2.75, 3.05) is 19.5 Å². The fraction of sp³-hybridized carbons (Fsp3) is 0.148. The molecule has 0 bridgehead atoms. The summed E-state index contributed by atoms with van der Waals surface area (Å²) in [5, 5.41) is 3.22. The first-order chi connectivity index (χ1) is 16.4. The highest BCUT2D eigenvalue weighted by atomic mass is 16.5. The number of carbonyl (C=O) groups excluding carboxylic acids is 2. The van der Waals surface area contributed by atoms with E-state index in [2.05, 4.69) is 5.32 Å². The van der Waals surface area contributed by atoms with Crippen LogP contribution in [0, 0.1) is 6.92 Å². The molecule has 3 aromatic carbocycles. The number of pyridine rings is 1. The van der Waals surface area contributed by atoms with Crippen molar-refractivity contribution >= 4 is 28.3 Å². The Hall–Kier alpha value is -4.39. The van der Waals surface area contributed by atoms with Gasteiger partial charge in [-0.1, -0.05) is 42.0 Å². The van der Waals surface area contributed by atoms with Crippen LogP contribution in [-0.4, -0.2) is 30.5 Å². The molecule has 1 heterocycles. The van der Waals surface area contributed by atoms with E-state index < -0.39 is 0 Å². The van der Waals surface area contributed by atoms with Gasteiger partial charge in [0.25, 0.3) is 0 Å². The lowest BCUT2D eigenvalue weighted by molar-refractivity contribution is -0.116. The molecule has 7 nitrogen and oxygen atoms in total. The van der Waals surface area contributed by atoms with Crippen LogP contribution in [-0.2, 0) is 11.3 Å². The average molecular weight is 456 g/mol. The van der Waals surface area contributed by atoms with Crippen LogP contribution in [0.2, 0.25) is 0 Å². The molecule has 0 spiro atoms. The topological polar surface area (TPSA) is 86.6 Å². The Balaban J connectivity index is 1.72. The van der Waals surface area contributed by atoms with E-state index in [1.165, 1.54) is 20.4 Å². The molecule has 4 rings (SSSR count). The monoisotopic (exact) mass is 456 g/mol. The Morgan fingerprint density at radius 1 is 0.912 bits per heavy atom. The number of aryl methyl sites for hydroxylation is 1. The molecule has 0 aliphatic rings. The first-order valence-electron chi connectivity index (χ1n) is 10.7. The highest BCUT2D eigenvalue weighted by molar-refractivity contribution is 6.10. The Bertz CT molecular complexity index is 1440. The molecule has 0 saturated carbocycles. The molecule has 0 radical (unpaired) electrons. The first kappa shape index (κ1) is 22.8. The number of amides is 1. The minimum Gasteiger partial charge on any atom is -0.493 e. The molecule has 0 aliphatic heterocycles. The second-order valence-electron chi connectivity index (χ2n) is 7.83. The van der Waals surface area contributed by atoms with Gasteiger partial charge < -0.3 is 19.4 Å². The van der Waals surface area contributed by atoms with Gasteiger partial charge in [-0.3, -0.25) is 14.4 Å². The lowest BCUT2D eigenvalue weighted by Gasteiger charge is -2.15. The SMILES string of the molecule is COc1ccc(NC(=O)Cn2cc(C(=O)c3ccccc3)c(=O)c3cc(C)ccc32)cc1OC. The minimum atomic E-state index is -0.386. The second-order valence-corrected chi connectivity index (χ2v) is 7.83. The van der Waals surface area contributed by atoms with Crippen molar-refractivity contribution in [3.8, 4) is 11.5 Å². The summed E-state index contributed by atoms with van der Waals surface area (Å²) in [6, 6.07) is 19.1. The van der Waals surface area contributed by atoms with Crippen molar-refractivity contribution < 1.29 is 19.1 Å². The van der Waals surface area contributed by atoms with E-state index >= 15 is 0 Å². The van der Waals surface area contributed by atoms with Crippen LogP contribution < -0.4 is 20.2 Å². The van der Waals surface area contributed by atoms with Crippen LogP contribution >= 0.6 is 0 Å². The lowest BCUT2D eigenvalue weighted by Crippen LogP contribution is -2.24. The fourth-order valence-corrected chi connectivity index (χ4v) is 3.82. The van der Waals surface area contributed by atoms with Crippen LogP contribution in [0.5, 0.6) is 11.5 Å². The number of rotatable bonds is 7. The van der Waals surface area contributed by atoms with Gasteiger partial charge in [0, 0.05) is 28.9 Å². The molecule has 172 valence electrons. The summed E-state index contributed by atoms with van der Waals surface area (Å²) < 4.78 is 12.1. The molecular formula is C27H24N2O5. The summed E-state index contributed by atoms with van der Waals surface area (Å²) in [4.78, 5) is 39.2. The Labute approximate surface area is 196 Å². The maximum absolute atomic E-state index is 13.2. The predicted molar refractivity (Wildman–Crippen MR) is 131 cm³/mol. The molecule has 1 amide bonds. The summed E-state index contributed by atoms with van der Waals surface area (Å²) in [6.45, 7) is 1.78. The Morgan fingerprint density at radius 3 is 2.35 bits per heavy atom. The molecule has 34 heavy (non-hydrogen) atoms. The van der Waals surface area contributed by atoms with Crippen LogP contribution in [0.15, 0.2) is 77.7 Å². The molecular weight excluding hydrogens is 432 g/mol. The zero-order valence-electron chi connectivity index (χ0n) is 19.1. The van der Waals surface area contributed by atoms with E-state index in [9.17, 15) is 14.4 Å². The third-order valence-electron chi connectivity index (χ3n) is 5.50. The van der Waals surface area contributed by atoms with Crippen molar-refractivity contribution in [2.24, 2.45) is 0 Å². The van der Waals surface area contributed by atoms with Gasteiger partial charge in [0.15, 0.2) is 17.3 Å².